The molecule has 3 rings (SSSR count). The van der Waals surface area contributed by atoms with Crippen LogP contribution >= 0.6 is 27.5 Å². The number of nitrogen functional groups attached to an aromatic ring is 1. The van der Waals surface area contributed by atoms with Crippen molar-refractivity contribution in [2.24, 2.45) is 0 Å². The predicted molar refractivity (Wildman–Crippen MR) is 84.2 cm³/mol. The Kier molecular flexibility index (Phi) is 3.47. The van der Waals surface area contributed by atoms with Gasteiger partial charge in [0.05, 0.1) is 17.7 Å². The van der Waals surface area contributed by atoms with E-state index in [0.29, 0.717) is 27.4 Å². The number of hydrogen-bond donors (Lipinski definition) is 1. The van der Waals surface area contributed by atoms with Gasteiger partial charge in [0, 0.05) is 15.2 Å². The maximum Gasteiger partial charge on any atom is 0.261 e. The van der Waals surface area contributed by atoms with Crippen LogP contribution in [-0.2, 0) is 6.54 Å². The lowest BCUT2D eigenvalue weighted by Gasteiger charge is -2.15. The average Bonchev–Trinajstić information content (AvgIpc) is 2.67. The van der Waals surface area contributed by atoms with Gasteiger partial charge in [-0.2, -0.15) is 0 Å². The van der Waals surface area contributed by atoms with E-state index < -0.39 is 0 Å². The second-order valence-electron chi connectivity index (χ2n) is 4.73. The number of nitrogens with zero attached hydrogens (tertiary/aromatic N) is 1. The van der Waals surface area contributed by atoms with Gasteiger partial charge in [-0.3, -0.25) is 14.5 Å². The molecule has 106 valence electrons. The third-order valence-corrected chi connectivity index (χ3v) is 4.09. The van der Waals surface area contributed by atoms with Crippen LogP contribution in [0.15, 0.2) is 40.9 Å². The molecule has 2 aromatic carbocycles. The SMILES string of the molecule is Nc1ccc(Cl)cc1CN1C(=O)c2ccc(Br)cc2C1=O. The van der Waals surface area contributed by atoms with Crippen LogP contribution in [0.2, 0.25) is 5.02 Å². The highest BCUT2D eigenvalue weighted by atomic mass is 79.9. The fourth-order valence-corrected chi connectivity index (χ4v) is 2.84. The third kappa shape index (κ3) is 2.43. The van der Waals surface area contributed by atoms with E-state index in [1.807, 2.05) is 0 Å². The fraction of sp³-hybridized carbons (Fsp3) is 0.0667. The molecular formula is C15H10BrClN2O2. The van der Waals surface area contributed by atoms with Crippen LogP contribution in [0.1, 0.15) is 26.3 Å². The summed E-state index contributed by atoms with van der Waals surface area (Å²) >= 11 is 9.24. The molecule has 0 bridgehead atoms. The Morgan fingerprint density at radius 1 is 1.05 bits per heavy atom. The zero-order valence-corrected chi connectivity index (χ0v) is 13.1. The minimum absolute atomic E-state index is 0.107. The highest BCUT2D eigenvalue weighted by Gasteiger charge is 2.35. The van der Waals surface area contributed by atoms with E-state index in [0.717, 1.165) is 4.47 Å². The molecule has 1 aliphatic rings. The number of benzene rings is 2. The first kappa shape index (κ1) is 14.1. The molecule has 0 unspecified atom stereocenters. The van der Waals surface area contributed by atoms with E-state index in [1.54, 1.807) is 36.4 Å². The van der Waals surface area contributed by atoms with Gasteiger partial charge < -0.3 is 5.73 Å². The molecule has 0 spiro atoms. The van der Waals surface area contributed by atoms with Crippen molar-refractivity contribution in [3.8, 4) is 0 Å². The molecule has 6 heteroatoms. The Morgan fingerprint density at radius 3 is 2.52 bits per heavy atom. The van der Waals surface area contributed by atoms with Crippen LogP contribution < -0.4 is 5.73 Å². The number of fused-ring (bicyclic) bond motifs is 1. The van der Waals surface area contributed by atoms with E-state index in [1.165, 1.54) is 4.90 Å². The highest BCUT2D eigenvalue weighted by molar-refractivity contribution is 9.10. The monoisotopic (exact) mass is 364 g/mol. The number of amides is 2. The molecule has 1 aliphatic heterocycles. The largest absolute Gasteiger partial charge is 0.398 e. The van der Waals surface area contributed by atoms with E-state index in [4.69, 9.17) is 17.3 Å². The number of nitrogens with two attached hydrogens (primary N) is 1. The first-order valence-electron chi connectivity index (χ1n) is 6.17. The van der Waals surface area contributed by atoms with Gasteiger partial charge in [0.1, 0.15) is 0 Å². The molecule has 2 N–H and O–H groups in total. The van der Waals surface area contributed by atoms with Gasteiger partial charge in [-0.1, -0.05) is 27.5 Å². The minimum atomic E-state index is -0.323. The number of carbonyl (C=O) groups is 2. The van der Waals surface area contributed by atoms with E-state index in [9.17, 15) is 9.59 Å². The van der Waals surface area contributed by atoms with Crippen LogP contribution in [-0.4, -0.2) is 16.7 Å². The Morgan fingerprint density at radius 2 is 1.76 bits per heavy atom. The number of halogens is 2. The summed E-state index contributed by atoms with van der Waals surface area (Å²) in [6, 6.07) is 10.0. The summed E-state index contributed by atoms with van der Waals surface area (Å²) in [7, 11) is 0. The lowest BCUT2D eigenvalue weighted by atomic mass is 10.1. The highest BCUT2D eigenvalue weighted by Crippen LogP contribution is 2.29. The third-order valence-electron chi connectivity index (χ3n) is 3.37. The Hall–Kier alpha value is -1.85. The molecule has 2 amide bonds. The average molecular weight is 366 g/mol. The normalized spacial score (nSPS) is 13.7. The molecule has 0 aliphatic carbocycles. The van der Waals surface area contributed by atoms with Gasteiger partial charge in [0.15, 0.2) is 0 Å². The van der Waals surface area contributed by atoms with Gasteiger partial charge >= 0.3 is 0 Å². The zero-order valence-electron chi connectivity index (χ0n) is 10.8. The van der Waals surface area contributed by atoms with Crippen LogP contribution in [0.5, 0.6) is 0 Å². The molecule has 0 fully saturated rings. The summed E-state index contributed by atoms with van der Waals surface area (Å²) in [6.07, 6.45) is 0. The number of imide groups is 1. The second kappa shape index (κ2) is 5.16. The van der Waals surface area contributed by atoms with E-state index in [-0.39, 0.29) is 18.4 Å². The van der Waals surface area contributed by atoms with Gasteiger partial charge in [-0.15, -0.1) is 0 Å². The number of carbonyl (C=O) groups excluding carboxylic acids is 2. The Balaban J connectivity index is 1.97. The van der Waals surface area contributed by atoms with E-state index >= 15 is 0 Å². The van der Waals surface area contributed by atoms with Crippen molar-refractivity contribution in [2.45, 2.75) is 6.54 Å². The van der Waals surface area contributed by atoms with Crippen molar-refractivity contribution >= 4 is 45.0 Å². The number of hydrogen-bond acceptors (Lipinski definition) is 3. The van der Waals surface area contributed by atoms with E-state index in [2.05, 4.69) is 15.9 Å². The second-order valence-corrected chi connectivity index (χ2v) is 6.08. The summed E-state index contributed by atoms with van der Waals surface area (Å²) < 4.78 is 0.756. The van der Waals surface area contributed by atoms with Gasteiger partial charge in [-0.25, -0.2) is 0 Å². The smallest absolute Gasteiger partial charge is 0.261 e. The first-order valence-corrected chi connectivity index (χ1v) is 7.34. The quantitative estimate of drug-likeness (QED) is 0.654. The molecule has 4 nitrogen and oxygen atoms in total. The molecule has 0 atom stereocenters. The van der Waals surface area contributed by atoms with Crippen molar-refractivity contribution < 1.29 is 9.59 Å². The van der Waals surface area contributed by atoms with Crippen LogP contribution in [0, 0.1) is 0 Å². The van der Waals surface area contributed by atoms with Crippen LogP contribution in [0.4, 0.5) is 5.69 Å². The summed E-state index contributed by atoms with van der Waals surface area (Å²) in [6.45, 7) is 0.107. The molecule has 2 aromatic rings. The van der Waals surface area contributed by atoms with Crippen molar-refractivity contribution in [3.63, 3.8) is 0 Å². The zero-order chi connectivity index (χ0) is 15.1. The van der Waals surface area contributed by atoms with Gasteiger partial charge in [0.25, 0.3) is 11.8 Å². The van der Waals surface area contributed by atoms with Crippen LogP contribution in [0.25, 0.3) is 0 Å². The lowest BCUT2D eigenvalue weighted by molar-refractivity contribution is 0.0642. The predicted octanol–water partition coefficient (Wildman–Crippen LogP) is 3.48. The lowest BCUT2D eigenvalue weighted by Crippen LogP contribution is -2.29. The molecule has 0 aromatic heterocycles. The first-order chi connectivity index (χ1) is 9.97. The summed E-state index contributed by atoms with van der Waals surface area (Å²) in [5.74, 6) is -0.641. The number of anilines is 1. The molecule has 0 radical (unpaired) electrons. The molecule has 0 saturated heterocycles. The summed E-state index contributed by atoms with van der Waals surface area (Å²) in [5.41, 5.74) is 7.82. The molecule has 0 saturated carbocycles. The van der Waals surface area contributed by atoms with Crippen molar-refractivity contribution in [3.05, 3.63) is 62.6 Å². The Labute approximate surface area is 134 Å². The topological polar surface area (TPSA) is 63.4 Å². The van der Waals surface area contributed by atoms with Crippen molar-refractivity contribution in [2.75, 3.05) is 5.73 Å². The minimum Gasteiger partial charge on any atom is -0.398 e. The fourth-order valence-electron chi connectivity index (χ4n) is 2.29. The van der Waals surface area contributed by atoms with Gasteiger partial charge in [0.2, 0.25) is 0 Å². The van der Waals surface area contributed by atoms with Crippen LogP contribution in [0.3, 0.4) is 0 Å². The Bertz CT molecular complexity index is 776. The summed E-state index contributed by atoms with van der Waals surface area (Å²) in [4.78, 5) is 25.9. The van der Waals surface area contributed by atoms with Crippen molar-refractivity contribution in [1.29, 1.82) is 0 Å². The molecular weight excluding hydrogens is 356 g/mol. The maximum absolute atomic E-state index is 12.4. The molecule has 1 heterocycles. The van der Waals surface area contributed by atoms with Crippen molar-refractivity contribution in [1.82, 2.24) is 4.90 Å². The molecule has 21 heavy (non-hydrogen) atoms. The standard InChI is InChI=1S/C15H10BrClN2O2/c16-9-1-3-11-12(6-9)15(21)19(14(11)20)7-8-5-10(17)2-4-13(8)18/h1-6H,7,18H2. The van der Waals surface area contributed by atoms with Gasteiger partial charge in [-0.05, 0) is 42.0 Å². The maximum atomic E-state index is 12.4. The number of rotatable bonds is 2. The summed E-state index contributed by atoms with van der Waals surface area (Å²) in [5, 5.41) is 0.513.